The van der Waals surface area contributed by atoms with E-state index in [1.165, 1.54) is 4.90 Å². The highest BCUT2D eigenvalue weighted by molar-refractivity contribution is 5.99. The summed E-state index contributed by atoms with van der Waals surface area (Å²) in [4.78, 5) is 22.6. The lowest BCUT2D eigenvalue weighted by molar-refractivity contribution is 0.199. The molecule has 0 spiro atoms. The van der Waals surface area contributed by atoms with Gasteiger partial charge in [0, 0.05) is 11.9 Å². The van der Waals surface area contributed by atoms with Gasteiger partial charge in [0.25, 0.3) is 0 Å². The molecule has 2 aromatic carbocycles. The van der Waals surface area contributed by atoms with Crippen molar-refractivity contribution in [1.29, 1.82) is 0 Å². The molecule has 1 aromatic heterocycles. The van der Waals surface area contributed by atoms with Gasteiger partial charge in [-0.15, -0.1) is 0 Å². The van der Waals surface area contributed by atoms with Gasteiger partial charge in [-0.25, -0.2) is 14.8 Å². The number of hydrogen-bond donors (Lipinski definition) is 3. The maximum Gasteiger partial charge on any atom is 0.413 e. The zero-order valence-corrected chi connectivity index (χ0v) is 14.9. The van der Waals surface area contributed by atoms with Crippen LogP contribution in [0.1, 0.15) is 12.0 Å². The summed E-state index contributed by atoms with van der Waals surface area (Å²) in [5.41, 5.74) is 2.13. The van der Waals surface area contributed by atoms with Crippen LogP contribution in [0.4, 0.5) is 10.6 Å². The number of rotatable bonds is 3. The minimum Gasteiger partial charge on any atom is -0.507 e. The van der Waals surface area contributed by atoms with Crippen molar-refractivity contribution in [3.63, 3.8) is 0 Å². The molecule has 3 aromatic rings. The molecule has 0 bridgehead atoms. The van der Waals surface area contributed by atoms with Gasteiger partial charge in [-0.3, -0.25) is 4.90 Å². The van der Waals surface area contributed by atoms with Crippen molar-refractivity contribution in [3.05, 3.63) is 48.0 Å². The molecular weight excluding hydrogens is 344 g/mol. The first-order chi connectivity index (χ1) is 13.0. The number of phenolic OH excluding ortho intramolecular Hbond substituents is 1. The minimum absolute atomic E-state index is 0.0554. The standard InChI is InChI=1S/C20H20N4O3/c1-12-6-7-14-16(10-12)22-18(15-4-2-3-5-17(15)25)23-19(14)24(20(26)27)13-8-9-21-11-13/h2-7,10,13,21,25H,8-9,11H2,1H3,(H,26,27)/t13-/m1/s1. The van der Waals surface area contributed by atoms with Crippen LogP contribution in [-0.2, 0) is 0 Å². The zero-order valence-electron chi connectivity index (χ0n) is 14.9. The molecule has 0 radical (unpaired) electrons. The highest BCUT2D eigenvalue weighted by atomic mass is 16.4. The number of carbonyl (C=O) groups is 1. The average Bonchev–Trinajstić information content (AvgIpc) is 3.15. The third-order valence-corrected chi connectivity index (χ3v) is 4.81. The van der Waals surface area contributed by atoms with Crippen LogP contribution in [-0.4, -0.2) is 45.4 Å². The Morgan fingerprint density at radius 3 is 2.74 bits per heavy atom. The van der Waals surface area contributed by atoms with Gasteiger partial charge in [0.1, 0.15) is 11.6 Å². The lowest BCUT2D eigenvalue weighted by atomic mass is 10.1. The van der Waals surface area contributed by atoms with Crippen LogP contribution in [0.5, 0.6) is 5.75 Å². The second-order valence-corrected chi connectivity index (χ2v) is 6.71. The summed E-state index contributed by atoms with van der Waals surface area (Å²) in [7, 11) is 0. The minimum atomic E-state index is -1.05. The number of hydrogen-bond acceptors (Lipinski definition) is 5. The van der Waals surface area contributed by atoms with Crippen molar-refractivity contribution >= 4 is 22.8 Å². The van der Waals surface area contributed by atoms with E-state index >= 15 is 0 Å². The number of phenols is 1. The number of nitrogens with one attached hydrogen (secondary N) is 1. The van der Waals surface area contributed by atoms with Gasteiger partial charge < -0.3 is 15.5 Å². The Bertz CT molecular complexity index is 1020. The van der Waals surface area contributed by atoms with E-state index in [1.54, 1.807) is 24.3 Å². The summed E-state index contributed by atoms with van der Waals surface area (Å²) in [5.74, 6) is 0.706. The van der Waals surface area contributed by atoms with Crippen LogP contribution in [0.25, 0.3) is 22.3 Å². The summed E-state index contributed by atoms with van der Waals surface area (Å²) in [6.45, 7) is 3.30. The summed E-state index contributed by atoms with van der Waals surface area (Å²) in [6, 6.07) is 12.3. The molecular formula is C20H20N4O3. The first-order valence-corrected chi connectivity index (χ1v) is 8.84. The van der Waals surface area contributed by atoms with Crippen LogP contribution in [0, 0.1) is 6.92 Å². The third kappa shape index (κ3) is 3.17. The molecule has 1 atom stereocenters. The van der Waals surface area contributed by atoms with E-state index in [0.717, 1.165) is 18.5 Å². The molecule has 7 heteroatoms. The molecule has 1 saturated heterocycles. The third-order valence-electron chi connectivity index (χ3n) is 4.81. The summed E-state index contributed by atoms with van der Waals surface area (Å²) >= 11 is 0. The number of anilines is 1. The normalized spacial score (nSPS) is 16.6. The van der Waals surface area contributed by atoms with Crippen molar-refractivity contribution in [3.8, 4) is 17.1 Å². The molecule has 27 heavy (non-hydrogen) atoms. The van der Waals surface area contributed by atoms with E-state index in [4.69, 9.17) is 0 Å². The van der Waals surface area contributed by atoms with Crippen LogP contribution in [0.2, 0.25) is 0 Å². The van der Waals surface area contributed by atoms with Crippen LogP contribution in [0.15, 0.2) is 42.5 Å². The van der Waals surface area contributed by atoms with Gasteiger partial charge in [-0.2, -0.15) is 0 Å². The van der Waals surface area contributed by atoms with Crippen LogP contribution >= 0.6 is 0 Å². The maximum atomic E-state index is 12.1. The molecule has 4 rings (SSSR count). The Labute approximate surface area is 156 Å². The van der Waals surface area contributed by atoms with Gasteiger partial charge in [-0.1, -0.05) is 18.2 Å². The average molecular weight is 364 g/mol. The highest BCUT2D eigenvalue weighted by Crippen LogP contribution is 2.33. The monoisotopic (exact) mass is 364 g/mol. The number of benzene rings is 2. The van der Waals surface area contributed by atoms with Crippen molar-refractivity contribution < 1.29 is 15.0 Å². The van der Waals surface area contributed by atoms with E-state index in [2.05, 4.69) is 15.3 Å². The second-order valence-electron chi connectivity index (χ2n) is 6.71. The number of carboxylic acid groups (broad SMARTS) is 1. The molecule has 0 unspecified atom stereocenters. The number of para-hydroxylation sites is 1. The predicted octanol–water partition coefficient (Wildman–Crippen LogP) is 3.16. The fourth-order valence-corrected chi connectivity index (χ4v) is 3.47. The molecule has 1 amide bonds. The lowest BCUT2D eigenvalue weighted by Crippen LogP contribution is -2.41. The van der Waals surface area contributed by atoms with Gasteiger partial charge in [-0.05, 0) is 49.7 Å². The zero-order chi connectivity index (χ0) is 19.0. The van der Waals surface area contributed by atoms with Crippen LogP contribution in [0.3, 0.4) is 0 Å². The molecule has 7 nitrogen and oxygen atoms in total. The van der Waals surface area contributed by atoms with Crippen molar-refractivity contribution in [2.24, 2.45) is 0 Å². The topological polar surface area (TPSA) is 98.6 Å². The number of amides is 1. The molecule has 3 N–H and O–H groups in total. The smallest absolute Gasteiger partial charge is 0.413 e. The summed E-state index contributed by atoms with van der Waals surface area (Å²) in [5, 5.41) is 24.0. The number of aromatic hydroxyl groups is 1. The first-order valence-electron chi connectivity index (χ1n) is 8.84. The molecule has 0 aliphatic carbocycles. The summed E-state index contributed by atoms with van der Waals surface area (Å²) < 4.78 is 0. The Morgan fingerprint density at radius 2 is 2.04 bits per heavy atom. The molecule has 2 heterocycles. The Balaban J connectivity index is 1.97. The number of nitrogens with zero attached hydrogens (tertiary/aromatic N) is 3. The Hall–Kier alpha value is -3.19. The summed E-state index contributed by atoms with van der Waals surface area (Å²) in [6.07, 6.45) is -0.331. The molecule has 1 aliphatic heterocycles. The fourth-order valence-electron chi connectivity index (χ4n) is 3.47. The number of aromatic nitrogens is 2. The largest absolute Gasteiger partial charge is 0.507 e. The molecule has 0 saturated carbocycles. The quantitative estimate of drug-likeness (QED) is 0.660. The molecule has 1 aliphatic rings. The van der Waals surface area contributed by atoms with Gasteiger partial charge in [0.05, 0.1) is 17.1 Å². The second kappa shape index (κ2) is 6.85. The van der Waals surface area contributed by atoms with Gasteiger partial charge >= 0.3 is 6.09 Å². The molecule has 138 valence electrons. The van der Waals surface area contributed by atoms with E-state index in [1.807, 2.05) is 25.1 Å². The number of aryl methyl sites for hydroxylation is 1. The van der Waals surface area contributed by atoms with Gasteiger partial charge in [0.2, 0.25) is 0 Å². The van der Waals surface area contributed by atoms with Crippen molar-refractivity contribution in [2.45, 2.75) is 19.4 Å². The predicted molar refractivity (Wildman–Crippen MR) is 103 cm³/mol. The lowest BCUT2D eigenvalue weighted by Gasteiger charge is -2.26. The maximum absolute atomic E-state index is 12.1. The van der Waals surface area contributed by atoms with Crippen molar-refractivity contribution in [2.75, 3.05) is 18.0 Å². The van der Waals surface area contributed by atoms with E-state index < -0.39 is 6.09 Å². The van der Waals surface area contributed by atoms with Crippen LogP contribution < -0.4 is 10.2 Å². The van der Waals surface area contributed by atoms with E-state index in [9.17, 15) is 15.0 Å². The Kier molecular flexibility index (Phi) is 4.37. The number of fused-ring (bicyclic) bond motifs is 1. The SMILES string of the molecule is Cc1ccc2c(N(C(=O)O)[C@@H]3CCNC3)nc(-c3ccccc3O)nc2c1. The van der Waals surface area contributed by atoms with E-state index in [-0.39, 0.29) is 11.8 Å². The first kappa shape index (κ1) is 17.2. The van der Waals surface area contributed by atoms with Crippen molar-refractivity contribution in [1.82, 2.24) is 15.3 Å². The van der Waals surface area contributed by atoms with Gasteiger partial charge in [0.15, 0.2) is 5.82 Å². The van der Waals surface area contributed by atoms with E-state index in [0.29, 0.717) is 34.7 Å². The fraction of sp³-hybridized carbons (Fsp3) is 0.250. The Morgan fingerprint density at radius 1 is 1.22 bits per heavy atom. The highest BCUT2D eigenvalue weighted by Gasteiger charge is 2.31. The molecule has 1 fully saturated rings.